The minimum Gasteiger partial charge on any atom is -0.394 e. The number of aliphatic hydroxyl groups excluding tert-OH is 1. The minimum atomic E-state index is -0.439. The Balaban J connectivity index is 1.87. The van der Waals surface area contributed by atoms with Crippen LogP contribution in [0, 0.1) is 0 Å². The predicted octanol–water partition coefficient (Wildman–Crippen LogP) is 0.810. The minimum absolute atomic E-state index is 0.00726. The lowest BCUT2D eigenvalue weighted by molar-refractivity contribution is -0.136. The molecule has 1 heterocycles. The van der Waals surface area contributed by atoms with Gasteiger partial charge in [-0.3, -0.25) is 9.59 Å². The fourth-order valence-corrected chi connectivity index (χ4v) is 3.09. The zero-order valence-electron chi connectivity index (χ0n) is 11.5. The van der Waals surface area contributed by atoms with Crippen LogP contribution in [0.1, 0.15) is 51.4 Å². The van der Waals surface area contributed by atoms with Crippen molar-refractivity contribution in [3.63, 3.8) is 0 Å². The number of carbonyl (C=O) groups is 2. The van der Waals surface area contributed by atoms with Gasteiger partial charge in [0.25, 0.3) is 0 Å². The number of carbonyl (C=O) groups excluding carboxylic acids is 2. The Labute approximate surface area is 114 Å². The first kappa shape index (κ1) is 14.3. The normalized spacial score (nSPS) is 23.2. The molecule has 0 bridgehead atoms. The molecule has 0 aromatic heterocycles. The summed E-state index contributed by atoms with van der Waals surface area (Å²) in [6, 6.07) is 0. The summed E-state index contributed by atoms with van der Waals surface area (Å²) in [5.41, 5.74) is -0.439. The Bertz CT molecular complexity index is 338. The average Bonchev–Trinajstić information content (AvgIpc) is 2.76. The summed E-state index contributed by atoms with van der Waals surface area (Å²) in [6.07, 6.45) is 7.28. The van der Waals surface area contributed by atoms with Crippen molar-refractivity contribution in [2.24, 2.45) is 0 Å². The summed E-state index contributed by atoms with van der Waals surface area (Å²) < 4.78 is 0. The van der Waals surface area contributed by atoms with Gasteiger partial charge < -0.3 is 15.3 Å². The molecule has 1 aliphatic heterocycles. The molecule has 1 saturated carbocycles. The molecule has 5 heteroatoms. The van der Waals surface area contributed by atoms with Gasteiger partial charge in [-0.25, -0.2) is 0 Å². The maximum atomic E-state index is 12.1. The van der Waals surface area contributed by atoms with Gasteiger partial charge in [0.1, 0.15) is 0 Å². The van der Waals surface area contributed by atoms with E-state index >= 15 is 0 Å². The van der Waals surface area contributed by atoms with Crippen molar-refractivity contribution in [2.75, 3.05) is 19.7 Å². The van der Waals surface area contributed by atoms with Crippen LogP contribution in [-0.2, 0) is 9.59 Å². The van der Waals surface area contributed by atoms with Crippen LogP contribution in [0.5, 0.6) is 0 Å². The monoisotopic (exact) mass is 268 g/mol. The Morgan fingerprint density at radius 1 is 1.21 bits per heavy atom. The molecule has 2 N–H and O–H groups in total. The number of aliphatic hydroxyl groups is 1. The zero-order valence-corrected chi connectivity index (χ0v) is 11.5. The molecule has 0 spiro atoms. The van der Waals surface area contributed by atoms with E-state index in [1.165, 1.54) is 0 Å². The number of hydrogen-bond acceptors (Lipinski definition) is 3. The van der Waals surface area contributed by atoms with E-state index in [-0.39, 0.29) is 25.0 Å². The van der Waals surface area contributed by atoms with E-state index in [2.05, 4.69) is 5.32 Å². The van der Waals surface area contributed by atoms with Crippen LogP contribution >= 0.6 is 0 Å². The fourth-order valence-electron chi connectivity index (χ4n) is 3.09. The van der Waals surface area contributed by atoms with Crippen molar-refractivity contribution in [2.45, 2.75) is 56.9 Å². The fraction of sp³-hybridized carbons (Fsp3) is 0.857. The standard InChI is InChI=1S/C14H24N2O3/c17-11-14(7-3-4-8-14)15-12(18)10-16-9-5-1-2-6-13(16)19/h17H,1-11H2,(H,15,18). The number of rotatable bonds is 4. The first-order chi connectivity index (χ1) is 9.15. The van der Waals surface area contributed by atoms with E-state index in [0.29, 0.717) is 13.0 Å². The highest BCUT2D eigenvalue weighted by molar-refractivity contribution is 5.85. The highest BCUT2D eigenvalue weighted by atomic mass is 16.3. The van der Waals surface area contributed by atoms with Gasteiger partial charge in [-0.15, -0.1) is 0 Å². The molecule has 1 aliphatic carbocycles. The Kier molecular flexibility index (Phi) is 4.80. The Morgan fingerprint density at radius 2 is 1.95 bits per heavy atom. The van der Waals surface area contributed by atoms with Crippen LogP contribution in [0.3, 0.4) is 0 Å². The molecule has 2 aliphatic rings. The second-order valence-electron chi connectivity index (χ2n) is 5.82. The lowest BCUT2D eigenvalue weighted by Crippen LogP contribution is -2.52. The zero-order chi connectivity index (χ0) is 13.7. The topological polar surface area (TPSA) is 69.6 Å². The van der Waals surface area contributed by atoms with Crippen LogP contribution in [0.4, 0.5) is 0 Å². The molecule has 0 radical (unpaired) electrons. The molecule has 0 unspecified atom stereocenters. The smallest absolute Gasteiger partial charge is 0.240 e. The quantitative estimate of drug-likeness (QED) is 0.792. The van der Waals surface area contributed by atoms with Crippen LogP contribution in [0.25, 0.3) is 0 Å². The van der Waals surface area contributed by atoms with Crippen molar-refractivity contribution in [3.05, 3.63) is 0 Å². The van der Waals surface area contributed by atoms with Crippen LogP contribution < -0.4 is 5.32 Å². The summed E-state index contributed by atoms with van der Waals surface area (Å²) in [5.74, 6) is -0.0525. The third-order valence-corrected chi connectivity index (χ3v) is 4.27. The lowest BCUT2D eigenvalue weighted by atomic mass is 9.99. The molecule has 1 saturated heterocycles. The maximum Gasteiger partial charge on any atom is 0.240 e. The first-order valence-electron chi connectivity index (χ1n) is 7.35. The van der Waals surface area contributed by atoms with Crippen LogP contribution in [0.15, 0.2) is 0 Å². The highest BCUT2D eigenvalue weighted by Crippen LogP contribution is 2.29. The van der Waals surface area contributed by atoms with Crippen LogP contribution in [-0.4, -0.2) is 47.1 Å². The van der Waals surface area contributed by atoms with Crippen molar-refractivity contribution in [1.29, 1.82) is 0 Å². The Morgan fingerprint density at radius 3 is 2.63 bits per heavy atom. The van der Waals surface area contributed by atoms with Crippen molar-refractivity contribution in [3.8, 4) is 0 Å². The lowest BCUT2D eigenvalue weighted by Gasteiger charge is -2.29. The van der Waals surface area contributed by atoms with Gasteiger partial charge in [0.2, 0.25) is 11.8 Å². The molecular weight excluding hydrogens is 244 g/mol. The molecule has 108 valence electrons. The predicted molar refractivity (Wildman–Crippen MR) is 71.5 cm³/mol. The molecule has 0 atom stereocenters. The van der Waals surface area contributed by atoms with Gasteiger partial charge >= 0.3 is 0 Å². The van der Waals surface area contributed by atoms with E-state index in [0.717, 1.165) is 44.9 Å². The van der Waals surface area contributed by atoms with E-state index in [1.54, 1.807) is 4.90 Å². The number of likely N-dealkylation sites (tertiary alicyclic amines) is 1. The van der Waals surface area contributed by atoms with Gasteiger partial charge in [-0.05, 0) is 25.7 Å². The largest absolute Gasteiger partial charge is 0.394 e. The third kappa shape index (κ3) is 3.69. The van der Waals surface area contributed by atoms with Crippen molar-refractivity contribution in [1.82, 2.24) is 10.2 Å². The second-order valence-corrected chi connectivity index (χ2v) is 5.82. The van der Waals surface area contributed by atoms with Crippen LogP contribution in [0.2, 0.25) is 0 Å². The molecule has 2 fully saturated rings. The van der Waals surface area contributed by atoms with Gasteiger partial charge in [0, 0.05) is 13.0 Å². The number of nitrogens with zero attached hydrogens (tertiary/aromatic N) is 1. The van der Waals surface area contributed by atoms with E-state index < -0.39 is 5.54 Å². The van der Waals surface area contributed by atoms with Gasteiger partial charge in [-0.2, -0.15) is 0 Å². The SMILES string of the molecule is O=C(CN1CCCCCC1=O)NC1(CO)CCCC1. The van der Waals surface area contributed by atoms with Gasteiger partial charge in [-0.1, -0.05) is 19.3 Å². The molecule has 5 nitrogen and oxygen atoms in total. The maximum absolute atomic E-state index is 12.1. The Hall–Kier alpha value is -1.10. The molecule has 0 aromatic rings. The highest BCUT2D eigenvalue weighted by Gasteiger charge is 2.35. The van der Waals surface area contributed by atoms with E-state index in [1.807, 2.05) is 0 Å². The summed E-state index contributed by atoms with van der Waals surface area (Å²) in [6.45, 7) is 0.811. The first-order valence-corrected chi connectivity index (χ1v) is 7.35. The summed E-state index contributed by atoms with van der Waals surface area (Å²) in [7, 11) is 0. The molecule has 2 rings (SSSR count). The second kappa shape index (κ2) is 6.37. The molecule has 19 heavy (non-hydrogen) atoms. The van der Waals surface area contributed by atoms with Gasteiger partial charge in [0.15, 0.2) is 0 Å². The summed E-state index contributed by atoms with van der Waals surface area (Å²) >= 11 is 0. The average molecular weight is 268 g/mol. The summed E-state index contributed by atoms with van der Waals surface area (Å²) in [5, 5.41) is 12.4. The van der Waals surface area contributed by atoms with E-state index in [9.17, 15) is 14.7 Å². The summed E-state index contributed by atoms with van der Waals surface area (Å²) in [4.78, 5) is 25.6. The molecule has 2 amide bonds. The third-order valence-electron chi connectivity index (χ3n) is 4.27. The number of nitrogens with one attached hydrogen (secondary N) is 1. The van der Waals surface area contributed by atoms with Crippen molar-refractivity contribution < 1.29 is 14.7 Å². The van der Waals surface area contributed by atoms with Crippen molar-refractivity contribution >= 4 is 11.8 Å². The molecular formula is C14H24N2O3. The molecule has 0 aromatic carbocycles. The number of hydrogen-bond donors (Lipinski definition) is 2. The van der Waals surface area contributed by atoms with Gasteiger partial charge in [0.05, 0.1) is 18.7 Å². The number of amides is 2. The van der Waals surface area contributed by atoms with E-state index in [4.69, 9.17) is 0 Å².